The van der Waals surface area contributed by atoms with Crippen LogP contribution in [0.2, 0.25) is 0 Å². The Balaban J connectivity index is 2.32. The molecule has 8 heteroatoms. The zero-order chi connectivity index (χ0) is 23.7. The summed E-state index contributed by atoms with van der Waals surface area (Å²) in [5.41, 5.74) is 1.52. The normalized spacial score (nSPS) is 17.0. The Kier molecular flexibility index (Phi) is 3.13. The Bertz CT molecular complexity index is 1060. The van der Waals surface area contributed by atoms with E-state index in [0.717, 1.165) is 11.8 Å². The van der Waals surface area contributed by atoms with Crippen LogP contribution >= 0.6 is 0 Å². The molecule has 0 aliphatic heterocycles. The first-order valence-corrected chi connectivity index (χ1v) is 8.18. The number of nitrogens with one attached hydrogen (secondary N) is 3. The van der Waals surface area contributed by atoms with Gasteiger partial charge in [0.05, 0.1) is 7.06 Å². The van der Waals surface area contributed by atoms with Crippen LogP contribution in [0.3, 0.4) is 0 Å². The monoisotopic (exact) mass is 355 g/mol. The number of amides is 2. The Hall–Kier alpha value is -2.61. The van der Waals surface area contributed by atoms with Crippen molar-refractivity contribution >= 4 is 27.4 Å². The lowest BCUT2D eigenvalue weighted by molar-refractivity contribution is 0.243. The number of urea groups is 1. The largest absolute Gasteiger partial charge is 0.354 e. The number of carbonyl (C=O) groups excluding carboxylic acids is 1. The van der Waals surface area contributed by atoms with Gasteiger partial charge in [-0.1, -0.05) is 12.1 Å². The van der Waals surface area contributed by atoms with Crippen LogP contribution in [0.1, 0.15) is 28.9 Å². The molecule has 2 amide bonds. The van der Waals surface area contributed by atoms with Crippen LogP contribution in [0.4, 0.5) is 16.2 Å². The summed E-state index contributed by atoms with van der Waals surface area (Å²) in [6.07, 6.45) is 2.27. The van der Waals surface area contributed by atoms with Crippen LogP contribution < -0.4 is 15.4 Å². The van der Waals surface area contributed by atoms with Gasteiger partial charge in [0.2, 0.25) is 0 Å². The van der Waals surface area contributed by atoms with Crippen molar-refractivity contribution in [3.63, 3.8) is 0 Å². The van der Waals surface area contributed by atoms with Crippen molar-refractivity contribution in [3.8, 4) is 0 Å². The van der Waals surface area contributed by atoms with Crippen molar-refractivity contribution in [2.45, 2.75) is 31.5 Å². The number of carbonyl (C=O) groups is 1. The summed E-state index contributed by atoms with van der Waals surface area (Å²) >= 11 is 0. The molecule has 1 aromatic heterocycles. The average molecular weight is 355 g/mol. The Morgan fingerprint density at radius 2 is 2.12 bits per heavy atom. The van der Waals surface area contributed by atoms with Gasteiger partial charge in [0.1, 0.15) is 4.90 Å². The van der Waals surface area contributed by atoms with Crippen LogP contribution in [0.5, 0.6) is 0 Å². The fourth-order valence-corrected chi connectivity index (χ4v) is 2.91. The summed E-state index contributed by atoms with van der Waals surface area (Å²) in [5, 5.41) is 4.33. The Morgan fingerprint density at radius 1 is 1.33 bits per heavy atom. The third-order valence-corrected chi connectivity index (χ3v) is 4.20. The van der Waals surface area contributed by atoms with E-state index in [9.17, 15) is 13.2 Å². The van der Waals surface area contributed by atoms with E-state index < -0.39 is 40.7 Å². The minimum absolute atomic E-state index is 0.0599. The molecule has 0 radical (unpaired) electrons. The van der Waals surface area contributed by atoms with Crippen molar-refractivity contribution in [2.24, 2.45) is 0 Å². The Labute approximate surface area is 151 Å². The lowest BCUT2D eigenvalue weighted by Gasteiger charge is -2.14. The molecule has 0 saturated carbocycles. The minimum atomic E-state index is -4.62. The molecule has 0 atom stereocenters. The lowest BCUT2D eigenvalue weighted by Crippen LogP contribution is -2.42. The van der Waals surface area contributed by atoms with E-state index in [4.69, 9.17) is 9.60 Å². The second kappa shape index (κ2) is 7.31. The van der Waals surface area contributed by atoms with Crippen molar-refractivity contribution in [2.75, 3.05) is 5.32 Å². The van der Waals surface area contributed by atoms with E-state index in [2.05, 4.69) is 10.3 Å². The molecule has 0 saturated heterocycles. The first-order chi connectivity index (χ1) is 14.1. The van der Waals surface area contributed by atoms with Crippen LogP contribution in [-0.2, 0) is 10.0 Å². The van der Waals surface area contributed by atoms with Gasteiger partial charge in [0.25, 0.3) is 10.0 Å². The molecule has 2 aromatic rings. The molecule has 0 unspecified atom stereocenters. The van der Waals surface area contributed by atoms with E-state index in [0.29, 0.717) is 5.69 Å². The second-order valence-corrected chi connectivity index (χ2v) is 6.45. The highest BCUT2D eigenvalue weighted by atomic mass is 32.2. The summed E-state index contributed by atoms with van der Waals surface area (Å²) in [7, 11) is -4.62. The molecule has 0 bridgehead atoms. The SMILES string of the molecule is [2H]C([2H])([2H])C([2H])(NC(=O)NS(=O)(=O)c1cnccc1Nc1cccc(C)c1)C([2H])([2H])[2H]. The first kappa shape index (κ1) is 10.3. The molecule has 0 aliphatic carbocycles. The summed E-state index contributed by atoms with van der Waals surface area (Å²) in [6, 6.07) is 3.24. The second-order valence-electron chi connectivity index (χ2n) is 4.80. The summed E-state index contributed by atoms with van der Waals surface area (Å²) in [6.45, 7) is -5.10. The summed E-state index contributed by atoms with van der Waals surface area (Å²) in [4.78, 5) is 15.5. The lowest BCUT2D eigenvalue weighted by atomic mass is 10.2. The minimum Gasteiger partial charge on any atom is -0.354 e. The van der Waals surface area contributed by atoms with Gasteiger partial charge < -0.3 is 10.6 Å². The van der Waals surface area contributed by atoms with Crippen LogP contribution in [0.25, 0.3) is 0 Å². The van der Waals surface area contributed by atoms with E-state index in [1.807, 2.05) is 13.0 Å². The summed E-state index contributed by atoms with van der Waals surface area (Å²) < 4.78 is 78.4. The first-order valence-electron chi connectivity index (χ1n) is 10.2. The van der Waals surface area contributed by atoms with E-state index in [1.165, 1.54) is 22.3 Å². The highest BCUT2D eigenvalue weighted by molar-refractivity contribution is 7.90. The predicted octanol–water partition coefficient (Wildman–Crippen LogP) is 2.53. The standard InChI is InChI=1S/C16H20N4O3S/c1-11(2)18-16(21)20-24(22,23)15-10-17-8-7-14(15)19-13-6-4-5-12(3)9-13/h4-11H,1-3H3,(H,17,19)(H2,18,20,21)/i1D3,2D3,11D. The van der Waals surface area contributed by atoms with Crippen LogP contribution in [0, 0.1) is 6.92 Å². The number of aryl methyl sites for hydroxylation is 1. The van der Waals surface area contributed by atoms with Gasteiger partial charge in [-0.25, -0.2) is 17.9 Å². The summed E-state index contributed by atoms with van der Waals surface area (Å²) in [5.74, 6) is 0. The quantitative estimate of drug-likeness (QED) is 0.765. The molecular weight excluding hydrogens is 328 g/mol. The van der Waals surface area contributed by atoms with Gasteiger partial charge in [-0.2, -0.15) is 0 Å². The zero-order valence-electron chi connectivity index (χ0n) is 19.6. The highest BCUT2D eigenvalue weighted by Crippen LogP contribution is 2.24. The van der Waals surface area contributed by atoms with Crippen molar-refractivity contribution in [3.05, 3.63) is 48.3 Å². The van der Waals surface area contributed by atoms with E-state index >= 15 is 0 Å². The van der Waals surface area contributed by atoms with Crippen molar-refractivity contribution in [1.82, 2.24) is 15.0 Å². The maximum atomic E-state index is 12.7. The number of aromatic nitrogens is 1. The number of benzene rings is 1. The maximum Gasteiger partial charge on any atom is 0.328 e. The fourth-order valence-electron chi connectivity index (χ4n) is 1.89. The topological polar surface area (TPSA) is 100 Å². The molecule has 7 nitrogen and oxygen atoms in total. The van der Waals surface area contributed by atoms with Gasteiger partial charge in [0.15, 0.2) is 0 Å². The molecule has 24 heavy (non-hydrogen) atoms. The predicted molar refractivity (Wildman–Crippen MR) is 92.7 cm³/mol. The molecule has 0 fully saturated rings. The van der Waals surface area contributed by atoms with Gasteiger partial charge in [0, 0.05) is 32.3 Å². The van der Waals surface area contributed by atoms with Gasteiger partial charge >= 0.3 is 6.03 Å². The average Bonchev–Trinajstić information content (AvgIpc) is 2.59. The van der Waals surface area contributed by atoms with E-state index in [1.54, 1.807) is 18.2 Å². The highest BCUT2D eigenvalue weighted by Gasteiger charge is 2.22. The van der Waals surface area contributed by atoms with Crippen LogP contribution in [-0.4, -0.2) is 25.5 Å². The Morgan fingerprint density at radius 3 is 2.83 bits per heavy atom. The zero-order valence-corrected chi connectivity index (χ0v) is 13.4. The fraction of sp³-hybridized carbons (Fsp3) is 0.250. The van der Waals surface area contributed by atoms with Crippen molar-refractivity contribution in [1.29, 1.82) is 0 Å². The van der Waals surface area contributed by atoms with Gasteiger partial charge in [-0.3, -0.25) is 4.98 Å². The molecular formula is C16H20N4O3S. The molecule has 0 spiro atoms. The number of sulfonamides is 1. The van der Waals surface area contributed by atoms with E-state index in [-0.39, 0.29) is 5.69 Å². The number of hydrogen-bond acceptors (Lipinski definition) is 5. The molecule has 1 aromatic carbocycles. The maximum absolute atomic E-state index is 12.7. The molecule has 3 N–H and O–H groups in total. The number of hydrogen-bond donors (Lipinski definition) is 3. The number of nitrogens with zero attached hydrogens (tertiary/aromatic N) is 1. The molecule has 1 heterocycles. The third kappa shape index (κ3) is 4.69. The van der Waals surface area contributed by atoms with Crippen LogP contribution in [0.15, 0.2) is 47.6 Å². The number of rotatable bonds is 5. The number of pyridine rings is 1. The molecule has 0 aliphatic rings. The third-order valence-electron chi connectivity index (χ3n) is 2.84. The van der Waals surface area contributed by atoms with Gasteiger partial charge in [-0.15, -0.1) is 0 Å². The van der Waals surface area contributed by atoms with Crippen molar-refractivity contribution < 1.29 is 22.8 Å². The van der Waals surface area contributed by atoms with Gasteiger partial charge in [-0.05, 0) is 44.4 Å². The smallest absolute Gasteiger partial charge is 0.328 e. The molecule has 2 rings (SSSR count). The molecule has 128 valence electrons. The number of anilines is 2.